The molecular weight excluding hydrogens is 244 g/mol. The molecule has 0 aliphatic carbocycles. The quantitative estimate of drug-likeness (QED) is 0.895. The second-order valence-electron chi connectivity index (χ2n) is 3.94. The summed E-state index contributed by atoms with van der Waals surface area (Å²) in [4.78, 5) is 11.9. The number of thioether (sulfide) groups is 1. The molecule has 0 radical (unpaired) electrons. The van der Waals surface area contributed by atoms with E-state index in [1.54, 1.807) is 11.8 Å². The number of halogens is 2. The summed E-state index contributed by atoms with van der Waals surface area (Å²) in [6.45, 7) is 0.784. The lowest BCUT2D eigenvalue weighted by atomic mass is 10.0. The second kappa shape index (κ2) is 5.60. The summed E-state index contributed by atoms with van der Waals surface area (Å²) in [6.07, 6.45) is -0.0538. The molecule has 1 atom stereocenters. The van der Waals surface area contributed by atoms with Gasteiger partial charge in [-0.3, -0.25) is 4.79 Å². The highest BCUT2D eigenvalue weighted by atomic mass is 32.2. The molecule has 1 unspecified atom stereocenters. The third-order valence-electron chi connectivity index (χ3n) is 2.71. The molecule has 5 heteroatoms. The summed E-state index contributed by atoms with van der Waals surface area (Å²) in [5.74, 6) is -0.208. The van der Waals surface area contributed by atoms with E-state index < -0.39 is 11.6 Å². The van der Waals surface area contributed by atoms with Gasteiger partial charge >= 0.3 is 0 Å². The first kappa shape index (κ1) is 12.5. The maximum atomic E-state index is 13.4. The first-order chi connectivity index (χ1) is 8.18. The summed E-state index contributed by atoms with van der Waals surface area (Å²) in [5.41, 5.74) is 0.132. The van der Waals surface area contributed by atoms with E-state index in [4.69, 9.17) is 0 Å². The third kappa shape index (κ3) is 3.04. The Labute approximate surface area is 103 Å². The number of rotatable bonds is 3. The molecule has 1 heterocycles. The standard InChI is InChI=1S/C12H13F2NOS/c13-9-3-1-2-8(12(9)14)6-11(16)10-7-17-5-4-15-10/h1-3,10,15H,4-7H2. The second-order valence-corrected chi connectivity index (χ2v) is 5.09. The Kier molecular flexibility index (Phi) is 4.12. The molecule has 0 saturated carbocycles. The van der Waals surface area contributed by atoms with Gasteiger partial charge in [0.1, 0.15) is 0 Å². The highest BCUT2D eigenvalue weighted by Gasteiger charge is 2.22. The van der Waals surface area contributed by atoms with Gasteiger partial charge in [-0.25, -0.2) is 8.78 Å². The van der Waals surface area contributed by atoms with Crippen LogP contribution in [0.3, 0.4) is 0 Å². The fourth-order valence-electron chi connectivity index (χ4n) is 1.77. The monoisotopic (exact) mass is 257 g/mol. The third-order valence-corrected chi connectivity index (χ3v) is 3.77. The largest absolute Gasteiger partial charge is 0.306 e. The van der Waals surface area contributed by atoms with E-state index in [1.807, 2.05) is 0 Å². The number of ketones is 1. The molecule has 1 aromatic rings. The molecule has 92 valence electrons. The van der Waals surface area contributed by atoms with Gasteiger partial charge in [0, 0.05) is 24.5 Å². The van der Waals surface area contributed by atoms with E-state index in [0.29, 0.717) is 5.75 Å². The van der Waals surface area contributed by atoms with Crippen molar-refractivity contribution in [1.29, 1.82) is 0 Å². The first-order valence-electron chi connectivity index (χ1n) is 5.45. The normalized spacial score (nSPS) is 20.2. The van der Waals surface area contributed by atoms with Gasteiger partial charge in [0.15, 0.2) is 17.4 Å². The number of carbonyl (C=O) groups is 1. The van der Waals surface area contributed by atoms with Crippen molar-refractivity contribution in [2.45, 2.75) is 12.5 Å². The van der Waals surface area contributed by atoms with E-state index in [0.717, 1.165) is 18.4 Å². The number of nitrogens with one attached hydrogen (secondary N) is 1. The summed E-state index contributed by atoms with van der Waals surface area (Å²) in [5, 5.41) is 3.09. The zero-order valence-electron chi connectivity index (χ0n) is 9.21. The van der Waals surface area contributed by atoms with Gasteiger partial charge in [-0.15, -0.1) is 0 Å². The summed E-state index contributed by atoms with van der Waals surface area (Å²) >= 11 is 1.70. The predicted octanol–water partition coefficient (Wildman–Crippen LogP) is 1.78. The van der Waals surface area contributed by atoms with Crippen LogP contribution in [-0.4, -0.2) is 29.9 Å². The van der Waals surface area contributed by atoms with E-state index in [2.05, 4.69) is 5.32 Å². The molecule has 1 aromatic carbocycles. The molecule has 1 saturated heterocycles. The van der Waals surface area contributed by atoms with E-state index in [1.165, 1.54) is 12.1 Å². The van der Waals surface area contributed by atoms with E-state index in [9.17, 15) is 13.6 Å². The Morgan fingerprint density at radius 2 is 2.29 bits per heavy atom. The van der Waals surface area contributed by atoms with Crippen molar-refractivity contribution >= 4 is 17.5 Å². The molecule has 1 fully saturated rings. The maximum absolute atomic E-state index is 13.4. The molecular formula is C12H13F2NOS. The zero-order chi connectivity index (χ0) is 12.3. The van der Waals surface area contributed by atoms with E-state index >= 15 is 0 Å². The number of hydrogen-bond donors (Lipinski definition) is 1. The van der Waals surface area contributed by atoms with Crippen LogP contribution in [0.15, 0.2) is 18.2 Å². The van der Waals surface area contributed by atoms with E-state index in [-0.39, 0.29) is 23.8 Å². The predicted molar refractivity (Wildman–Crippen MR) is 64.2 cm³/mol. The van der Waals surface area contributed by atoms with Gasteiger partial charge in [0.2, 0.25) is 0 Å². The fraction of sp³-hybridized carbons (Fsp3) is 0.417. The van der Waals surface area contributed by atoms with Gasteiger partial charge in [-0.2, -0.15) is 11.8 Å². The minimum absolute atomic E-state index is 0.0538. The fourth-order valence-corrected chi connectivity index (χ4v) is 2.74. The smallest absolute Gasteiger partial charge is 0.162 e. The highest BCUT2D eigenvalue weighted by molar-refractivity contribution is 7.99. The summed E-state index contributed by atoms with van der Waals surface area (Å²) < 4.78 is 26.3. The van der Waals surface area contributed by atoms with Crippen LogP contribution in [0.1, 0.15) is 5.56 Å². The number of hydrogen-bond acceptors (Lipinski definition) is 3. The Morgan fingerprint density at radius 3 is 3.00 bits per heavy atom. The van der Waals surface area contributed by atoms with Crippen molar-refractivity contribution in [3.05, 3.63) is 35.4 Å². The summed E-state index contributed by atoms with van der Waals surface area (Å²) in [6, 6.07) is 3.69. The molecule has 2 nitrogen and oxygen atoms in total. The van der Waals surface area contributed by atoms with Gasteiger partial charge in [-0.1, -0.05) is 12.1 Å². The molecule has 0 aromatic heterocycles. The van der Waals surface area contributed by atoms with Crippen LogP contribution in [-0.2, 0) is 11.2 Å². The van der Waals surface area contributed by atoms with Gasteiger partial charge in [0.05, 0.1) is 6.04 Å². The summed E-state index contributed by atoms with van der Waals surface area (Å²) in [7, 11) is 0. The van der Waals surface area contributed by atoms with Crippen molar-refractivity contribution in [3.8, 4) is 0 Å². The lowest BCUT2D eigenvalue weighted by molar-refractivity contribution is -0.120. The van der Waals surface area contributed by atoms with Crippen molar-refractivity contribution < 1.29 is 13.6 Å². The van der Waals surface area contributed by atoms with Crippen LogP contribution in [0.4, 0.5) is 8.78 Å². The van der Waals surface area contributed by atoms with Crippen LogP contribution in [0, 0.1) is 11.6 Å². The van der Waals surface area contributed by atoms with Crippen molar-refractivity contribution in [1.82, 2.24) is 5.32 Å². The first-order valence-corrected chi connectivity index (χ1v) is 6.60. The Hall–Kier alpha value is -0.940. The molecule has 2 rings (SSSR count). The van der Waals surface area contributed by atoms with Crippen molar-refractivity contribution in [2.24, 2.45) is 0 Å². The van der Waals surface area contributed by atoms with Gasteiger partial charge in [-0.05, 0) is 11.6 Å². The zero-order valence-corrected chi connectivity index (χ0v) is 10.0. The topological polar surface area (TPSA) is 29.1 Å². The molecule has 0 spiro atoms. The van der Waals surface area contributed by atoms with Gasteiger partial charge < -0.3 is 5.32 Å². The molecule has 1 aliphatic heterocycles. The van der Waals surface area contributed by atoms with Crippen molar-refractivity contribution in [3.63, 3.8) is 0 Å². The SMILES string of the molecule is O=C(Cc1cccc(F)c1F)C1CSCCN1. The number of carbonyl (C=O) groups excluding carboxylic acids is 1. The Bertz CT molecular complexity index is 419. The lowest BCUT2D eigenvalue weighted by Gasteiger charge is -2.21. The van der Waals surface area contributed by atoms with Crippen LogP contribution in [0.25, 0.3) is 0 Å². The van der Waals surface area contributed by atoms with Gasteiger partial charge in [0.25, 0.3) is 0 Å². The maximum Gasteiger partial charge on any atom is 0.162 e. The minimum atomic E-state index is -0.913. The van der Waals surface area contributed by atoms with Crippen LogP contribution in [0.2, 0.25) is 0 Å². The Balaban J connectivity index is 2.04. The van der Waals surface area contributed by atoms with Crippen LogP contribution < -0.4 is 5.32 Å². The number of benzene rings is 1. The average Bonchev–Trinajstić information content (AvgIpc) is 2.36. The molecule has 1 aliphatic rings. The minimum Gasteiger partial charge on any atom is -0.306 e. The van der Waals surface area contributed by atoms with Crippen molar-refractivity contribution in [2.75, 3.05) is 18.1 Å². The molecule has 0 bridgehead atoms. The molecule has 17 heavy (non-hydrogen) atoms. The molecule has 0 amide bonds. The highest BCUT2D eigenvalue weighted by Crippen LogP contribution is 2.15. The van der Waals surface area contributed by atoms with Crippen LogP contribution >= 0.6 is 11.8 Å². The van der Waals surface area contributed by atoms with Crippen LogP contribution in [0.5, 0.6) is 0 Å². The number of Topliss-reactive ketones (excluding diaryl/α,β-unsaturated/α-hetero) is 1. The lowest BCUT2D eigenvalue weighted by Crippen LogP contribution is -2.44. The Morgan fingerprint density at radius 1 is 1.47 bits per heavy atom. The molecule has 1 N–H and O–H groups in total. The average molecular weight is 257 g/mol.